The van der Waals surface area contributed by atoms with Gasteiger partial charge in [-0.25, -0.2) is 9.50 Å². The average molecular weight is 506 g/mol. The van der Waals surface area contributed by atoms with Gasteiger partial charge in [0, 0.05) is 22.8 Å². The molecule has 0 bridgehead atoms. The summed E-state index contributed by atoms with van der Waals surface area (Å²) in [5.41, 5.74) is 2.55. The van der Waals surface area contributed by atoms with Crippen LogP contribution in [0.4, 0.5) is 18.9 Å². The number of carbonyl (C=O) groups is 1. The Bertz CT molecular complexity index is 1360. The highest BCUT2D eigenvalue weighted by atomic mass is 35.5. The summed E-state index contributed by atoms with van der Waals surface area (Å²) in [6.07, 6.45) is -3.92. The Hall–Kier alpha value is -3.11. The molecule has 2 heterocycles. The Kier molecular flexibility index (Phi) is 6.81. The normalized spacial score (nSPS) is 11.7. The van der Waals surface area contributed by atoms with E-state index in [4.69, 9.17) is 11.6 Å². The van der Waals surface area contributed by atoms with Crippen molar-refractivity contribution in [3.63, 3.8) is 0 Å². The third-order valence-corrected chi connectivity index (χ3v) is 6.25. The molecule has 0 aliphatic heterocycles. The van der Waals surface area contributed by atoms with Gasteiger partial charge in [0.25, 0.3) is 5.78 Å². The van der Waals surface area contributed by atoms with E-state index in [9.17, 15) is 18.0 Å². The van der Waals surface area contributed by atoms with E-state index in [1.165, 1.54) is 18.2 Å². The quantitative estimate of drug-likeness (QED) is 0.339. The lowest BCUT2D eigenvalue weighted by Crippen LogP contribution is -2.18. The first kappa shape index (κ1) is 24.0. The van der Waals surface area contributed by atoms with E-state index in [0.717, 1.165) is 40.3 Å². The number of hydrogen-bond donors (Lipinski definition) is 1. The van der Waals surface area contributed by atoms with Crippen molar-refractivity contribution in [2.24, 2.45) is 0 Å². The lowest BCUT2D eigenvalue weighted by Gasteiger charge is -2.13. The van der Waals surface area contributed by atoms with Gasteiger partial charge in [-0.2, -0.15) is 18.2 Å². The Morgan fingerprint density at radius 2 is 1.79 bits per heavy atom. The molecule has 176 valence electrons. The van der Waals surface area contributed by atoms with Crippen LogP contribution in [0.2, 0.25) is 5.02 Å². The number of thioether (sulfide) groups is 1. The standard InChI is InChI=1S/C23H19ClF3N5OS/c1-13-17(11-15-7-9-16(24)10-8-15)14(2)32-21(28-13)30-22(31-32)34-12-20(33)29-19-6-4-3-5-18(19)23(25,26)27/h3-10H,11-12H2,1-2H3,(H,29,33). The monoisotopic (exact) mass is 505 g/mol. The smallest absolute Gasteiger partial charge is 0.325 e. The summed E-state index contributed by atoms with van der Waals surface area (Å²) in [6.45, 7) is 3.81. The molecule has 34 heavy (non-hydrogen) atoms. The van der Waals surface area contributed by atoms with Crippen molar-refractivity contribution in [1.82, 2.24) is 19.6 Å². The summed E-state index contributed by atoms with van der Waals surface area (Å²) in [4.78, 5) is 21.2. The predicted molar refractivity (Wildman–Crippen MR) is 125 cm³/mol. The van der Waals surface area contributed by atoms with Crippen molar-refractivity contribution in [2.45, 2.75) is 31.6 Å². The molecule has 6 nitrogen and oxygen atoms in total. The minimum Gasteiger partial charge on any atom is -0.325 e. The van der Waals surface area contributed by atoms with Gasteiger partial charge in [0.15, 0.2) is 0 Å². The number of nitrogens with one attached hydrogen (secondary N) is 1. The molecule has 1 amide bonds. The fourth-order valence-corrected chi connectivity index (χ4v) is 4.21. The first-order valence-corrected chi connectivity index (χ1v) is 11.5. The van der Waals surface area contributed by atoms with Crippen molar-refractivity contribution in [2.75, 3.05) is 11.1 Å². The molecule has 0 spiro atoms. The van der Waals surface area contributed by atoms with Crippen LogP contribution in [0.15, 0.2) is 53.7 Å². The lowest BCUT2D eigenvalue weighted by atomic mass is 10.0. The molecule has 2 aromatic carbocycles. The van der Waals surface area contributed by atoms with Gasteiger partial charge in [0.1, 0.15) is 0 Å². The maximum atomic E-state index is 13.1. The number of rotatable bonds is 6. The first-order chi connectivity index (χ1) is 16.1. The molecular weight excluding hydrogens is 487 g/mol. The van der Waals surface area contributed by atoms with Gasteiger partial charge in [-0.15, -0.1) is 5.10 Å². The minimum absolute atomic E-state index is 0.154. The highest BCUT2D eigenvalue weighted by Gasteiger charge is 2.33. The fourth-order valence-electron chi connectivity index (χ4n) is 3.47. The van der Waals surface area contributed by atoms with Gasteiger partial charge in [-0.3, -0.25) is 4.79 Å². The van der Waals surface area contributed by atoms with E-state index >= 15 is 0 Å². The minimum atomic E-state index is -4.56. The number of halogens is 4. The Labute approximate surface area is 202 Å². The zero-order chi connectivity index (χ0) is 24.5. The van der Waals surface area contributed by atoms with Gasteiger partial charge < -0.3 is 5.32 Å². The van der Waals surface area contributed by atoms with E-state index in [0.29, 0.717) is 22.4 Å². The summed E-state index contributed by atoms with van der Waals surface area (Å²) in [5, 5.41) is 7.71. The summed E-state index contributed by atoms with van der Waals surface area (Å²) in [5.74, 6) is -0.358. The molecule has 0 radical (unpaired) electrons. The van der Waals surface area contributed by atoms with E-state index < -0.39 is 17.6 Å². The van der Waals surface area contributed by atoms with Gasteiger partial charge in [-0.05, 0) is 49.2 Å². The molecule has 0 saturated heterocycles. The molecule has 2 aromatic heterocycles. The summed E-state index contributed by atoms with van der Waals surface area (Å²) < 4.78 is 41.0. The molecule has 0 unspecified atom stereocenters. The number of benzene rings is 2. The number of nitrogens with zero attached hydrogens (tertiary/aromatic N) is 4. The van der Waals surface area contributed by atoms with Crippen LogP contribution in [-0.2, 0) is 17.4 Å². The fraction of sp³-hybridized carbons (Fsp3) is 0.217. The van der Waals surface area contributed by atoms with Crippen LogP contribution >= 0.6 is 23.4 Å². The molecule has 0 saturated carbocycles. The highest BCUT2D eigenvalue weighted by Crippen LogP contribution is 2.34. The van der Waals surface area contributed by atoms with Crippen LogP contribution in [0.1, 0.15) is 28.1 Å². The van der Waals surface area contributed by atoms with Crippen molar-refractivity contribution >= 4 is 40.7 Å². The Balaban J connectivity index is 1.49. The third-order valence-electron chi connectivity index (χ3n) is 5.16. The molecule has 0 fully saturated rings. The number of fused-ring (bicyclic) bond motifs is 1. The number of amides is 1. The number of para-hydroxylation sites is 1. The zero-order valence-corrected chi connectivity index (χ0v) is 19.7. The van der Waals surface area contributed by atoms with Crippen LogP contribution < -0.4 is 5.32 Å². The van der Waals surface area contributed by atoms with Gasteiger partial charge in [0.2, 0.25) is 11.1 Å². The second-order valence-corrected chi connectivity index (χ2v) is 8.93. The SMILES string of the molecule is Cc1nc2nc(SCC(=O)Nc3ccccc3C(F)(F)F)nn2c(C)c1Cc1ccc(Cl)cc1. The first-order valence-electron chi connectivity index (χ1n) is 10.2. The molecule has 0 atom stereocenters. The second kappa shape index (κ2) is 9.63. The maximum absolute atomic E-state index is 13.1. The summed E-state index contributed by atoms with van der Waals surface area (Å²) in [7, 11) is 0. The predicted octanol–water partition coefficient (Wildman–Crippen LogP) is 5.73. The Morgan fingerprint density at radius 1 is 1.09 bits per heavy atom. The van der Waals surface area contributed by atoms with Crippen molar-refractivity contribution in [3.8, 4) is 0 Å². The summed E-state index contributed by atoms with van der Waals surface area (Å²) >= 11 is 6.99. The third kappa shape index (κ3) is 5.34. The number of aromatic nitrogens is 4. The van der Waals surface area contributed by atoms with E-state index in [1.54, 1.807) is 4.52 Å². The molecule has 0 aliphatic rings. The van der Waals surface area contributed by atoms with Crippen molar-refractivity contribution < 1.29 is 18.0 Å². The molecule has 4 rings (SSSR count). The molecular formula is C23H19ClF3N5OS. The van der Waals surface area contributed by atoms with Crippen molar-refractivity contribution in [3.05, 3.63) is 81.6 Å². The zero-order valence-electron chi connectivity index (χ0n) is 18.2. The largest absolute Gasteiger partial charge is 0.418 e. The van der Waals surface area contributed by atoms with Crippen LogP contribution in [0, 0.1) is 13.8 Å². The second-order valence-electron chi connectivity index (χ2n) is 7.55. The number of aryl methyl sites for hydroxylation is 2. The molecule has 0 aliphatic carbocycles. The highest BCUT2D eigenvalue weighted by molar-refractivity contribution is 7.99. The topological polar surface area (TPSA) is 72.2 Å². The maximum Gasteiger partial charge on any atom is 0.418 e. The molecule has 11 heteroatoms. The van der Waals surface area contributed by atoms with Gasteiger partial charge in [-0.1, -0.05) is 47.6 Å². The number of hydrogen-bond acceptors (Lipinski definition) is 5. The van der Waals surface area contributed by atoms with Crippen LogP contribution in [0.5, 0.6) is 0 Å². The summed E-state index contributed by atoms with van der Waals surface area (Å²) in [6, 6.07) is 12.4. The van der Waals surface area contributed by atoms with Crippen LogP contribution in [0.25, 0.3) is 5.78 Å². The molecule has 4 aromatic rings. The van der Waals surface area contributed by atoms with Crippen LogP contribution in [0.3, 0.4) is 0 Å². The van der Waals surface area contributed by atoms with Crippen LogP contribution in [-0.4, -0.2) is 31.2 Å². The number of carbonyl (C=O) groups excluding carboxylic acids is 1. The number of anilines is 1. The van der Waals surface area contributed by atoms with Gasteiger partial charge in [0.05, 0.1) is 17.0 Å². The van der Waals surface area contributed by atoms with Crippen molar-refractivity contribution in [1.29, 1.82) is 0 Å². The van der Waals surface area contributed by atoms with E-state index in [1.807, 2.05) is 38.1 Å². The Morgan fingerprint density at radius 3 is 2.50 bits per heavy atom. The molecule has 1 N–H and O–H groups in total. The number of alkyl halides is 3. The van der Waals surface area contributed by atoms with E-state index in [2.05, 4.69) is 20.4 Å². The van der Waals surface area contributed by atoms with Gasteiger partial charge >= 0.3 is 6.18 Å². The van der Waals surface area contributed by atoms with E-state index in [-0.39, 0.29) is 11.4 Å². The average Bonchev–Trinajstić information content (AvgIpc) is 3.19. The lowest BCUT2D eigenvalue weighted by molar-refractivity contribution is -0.137.